The van der Waals surface area contributed by atoms with Gasteiger partial charge >= 0.3 is 5.97 Å². The number of rotatable bonds is 6. The molecule has 24 heavy (non-hydrogen) atoms. The predicted molar refractivity (Wildman–Crippen MR) is 98.7 cm³/mol. The standard InChI is InChI=1S/C22H38O2/c1-3-5-6-7-16-8-12-20-17(14-16)9-10-18-15-19(11-13-21(18)20)24-22(23)4-2/h16-21H,3-15H2,1-2H3/t16-,17?,18?,19-,20?,21?/m1/s1. The number of carbonyl (C=O) groups is 1. The van der Waals surface area contributed by atoms with Crippen LogP contribution in [0.4, 0.5) is 0 Å². The highest BCUT2D eigenvalue weighted by Gasteiger charge is 2.44. The summed E-state index contributed by atoms with van der Waals surface area (Å²) in [5.41, 5.74) is 0. The molecule has 0 bridgehead atoms. The van der Waals surface area contributed by atoms with Crippen molar-refractivity contribution in [3.8, 4) is 0 Å². The molecular formula is C22H38O2. The first-order valence-corrected chi connectivity index (χ1v) is 10.9. The molecule has 138 valence electrons. The van der Waals surface area contributed by atoms with E-state index in [9.17, 15) is 4.79 Å². The molecule has 3 saturated carbocycles. The summed E-state index contributed by atoms with van der Waals surface area (Å²) in [6.07, 6.45) is 17.4. The minimum Gasteiger partial charge on any atom is -0.462 e. The molecule has 0 spiro atoms. The molecule has 3 fully saturated rings. The van der Waals surface area contributed by atoms with Crippen LogP contribution in [0.1, 0.15) is 97.3 Å². The number of esters is 1. The van der Waals surface area contributed by atoms with Crippen molar-refractivity contribution in [1.29, 1.82) is 0 Å². The smallest absolute Gasteiger partial charge is 0.305 e. The SMILES string of the molecule is CCCCC[C@@H]1CCC2C(CCC3C[C@H](OC(=O)CC)CCC32)C1. The van der Waals surface area contributed by atoms with E-state index < -0.39 is 0 Å². The molecular weight excluding hydrogens is 296 g/mol. The summed E-state index contributed by atoms with van der Waals surface area (Å²) in [6.45, 7) is 4.21. The van der Waals surface area contributed by atoms with Gasteiger partial charge in [-0.25, -0.2) is 0 Å². The number of fused-ring (bicyclic) bond motifs is 3. The zero-order valence-electron chi connectivity index (χ0n) is 16.0. The van der Waals surface area contributed by atoms with Crippen molar-refractivity contribution in [3.63, 3.8) is 0 Å². The Bertz CT molecular complexity index is 405. The Morgan fingerprint density at radius 1 is 0.875 bits per heavy atom. The Morgan fingerprint density at radius 2 is 1.58 bits per heavy atom. The van der Waals surface area contributed by atoms with Gasteiger partial charge in [-0.15, -0.1) is 0 Å². The highest BCUT2D eigenvalue weighted by atomic mass is 16.5. The van der Waals surface area contributed by atoms with Crippen LogP contribution in [0.3, 0.4) is 0 Å². The average molecular weight is 335 g/mol. The van der Waals surface area contributed by atoms with Gasteiger partial charge in [-0.05, 0) is 74.5 Å². The highest BCUT2D eigenvalue weighted by Crippen LogP contribution is 2.53. The quantitative estimate of drug-likeness (QED) is 0.431. The minimum atomic E-state index is -0.000256. The lowest BCUT2D eigenvalue weighted by Crippen LogP contribution is -2.43. The number of carbonyl (C=O) groups excluding carboxylic acids is 1. The third-order valence-electron chi connectivity index (χ3n) is 7.40. The fraction of sp³-hybridized carbons (Fsp3) is 0.955. The number of hydrogen-bond donors (Lipinski definition) is 0. The summed E-state index contributed by atoms with van der Waals surface area (Å²) >= 11 is 0. The molecule has 0 saturated heterocycles. The summed E-state index contributed by atoms with van der Waals surface area (Å²) in [4.78, 5) is 11.6. The molecule has 4 unspecified atom stereocenters. The van der Waals surface area contributed by atoms with E-state index in [1.807, 2.05) is 6.92 Å². The molecule has 3 aliphatic rings. The van der Waals surface area contributed by atoms with Crippen LogP contribution in [-0.2, 0) is 9.53 Å². The van der Waals surface area contributed by atoms with Crippen LogP contribution in [0, 0.1) is 29.6 Å². The Balaban J connectivity index is 1.49. The number of hydrogen-bond acceptors (Lipinski definition) is 2. The Labute approximate surface area is 149 Å². The molecule has 0 aromatic rings. The molecule has 0 aromatic heterocycles. The monoisotopic (exact) mass is 334 g/mol. The lowest BCUT2D eigenvalue weighted by molar-refractivity contribution is -0.153. The first-order chi connectivity index (χ1) is 11.7. The highest BCUT2D eigenvalue weighted by molar-refractivity contribution is 5.69. The van der Waals surface area contributed by atoms with Gasteiger partial charge in [0.15, 0.2) is 0 Å². The molecule has 0 amide bonds. The van der Waals surface area contributed by atoms with Gasteiger partial charge in [0.2, 0.25) is 0 Å². The number of ether oxygens (including phenoxy) is 1. The normalized spacial score (nSPS) is 38.9. The van der Waals surface area contributed by atoms with Crippen LogP contribution < -0.4 is 0 Å². The maximum atomic E-state index is 11.6. The van der Waals surface area contributed by atoms with Crippen LogP contribution in [0.2, 0.25) is 0 Å². The molecule has 2 nitrogen and oxygen atoms in total. The first-order valence-electron chi connectivity index (χ1n) is 10.9. The molecule has 0 aliphatic heterocycles. The summed E-state index contributed by atoms with van der Waals surface area (Å²) in [5, 5.41) is 0. The average Bonchev–Trinajstić information content (AvgIpc) is 2.61. The molecule has 0 heterocycles. The van der Waals surface area contributed by atoms with Gasteiger partial charge in [-0.1, -0.05) is 46.0 Å². The Morgan fingerprint density at radius 3 is 2.29 bits per heavy atom. The maximum Gasteiger partial charge on any atom is 0.305 e. The molecule has 0 aromatic carbocycles. The predicted octanol–water partition coefficient (Wildman–Crippen LogP) is 6.13. The number of unbranched alkanes of at least 4 members (excludes halogenated alkanes) is 2. The van der Waals surface area contributed by atoms with Crippen molar-refractivity contribution in [3.05, 3.63) is 0 Å². The van der Waals surface area contributed by atoms with E-state index in [1.165, 1.54) is 64.2 Å². The van der Waals surface area contributed by atoms with Crippen LogP contribution >= 0.6 is 0 Å². The van der Waals surface area contributed by atoms with Gasteiger partial charge in [-0.3, -0.25) is 4.79 Å². The fourth-order valence-corrected chi connectivity index (χ4v) is 6.17. The topological polar surface area (TPSA) is 26.3 Å². The second-order valence-corrected chi connectivity index (χ2v) is 8.88. The lowest BCUT2D eigenvalue weighted by Gasteiger charge is -2.50. The van der Waals surface area contributed by atoms with E-state index in [0.717, 1.165) is 42.4 Å². The van der Waals surface area contributed by atoms with Crippen molar-refractivity contribution in [2.24, 2.45) is 29.6 Å². The van der Waals surface area contributed by atoms with Crippen molar-refractivity contribution < 1.29 is 9.53 Å². The zero-order chi connectivity index (χ0) is 16.9. The molecule has 0 N–H and O–H groups in total. The van der Waals surface area contributed by atoms with Crippen molar-refractivity contribution >= 4 is 5.97 Å². The van der Waals surface area contributed by atoms with Crippen LogP contribution in [-0.4, -0.2) is 12.1 Å². The third kappa shape index (κ3) is 4.35. The second-order valence-electron chi connectivity index (χ2n) is 8.88. The zero-order valence-corrected chi connectivity index (χ0v) is 16.0. The Hall–Kier alpha value is -0.530. The summed E-state index contributed by atoms with van der Waals surface area (Å²) in [6, 6.07) is 0. The molecule has 3 aliphatic carbocycles. The van der Waals surface area contributed by atoms with E-state index in [2.05, 4.69) is 6.92 Å². The summed E-state index contributed by atoms with van der Waals surface area (Å²) in [5.74, 6) is 4.81. The molecule has 2 heteroatoms. The second kappa shape index (κ2) is 8.72. The van der Waals surface area contributed by atoms with Gasteiger partial charge in [0, 0.05) is 6.42 Å². The third-order valence-corrected chi connectivity index (χ3v) is 7.40. The van der Waals surface area contributed by atoms with Crippen LogP contribution in [0.5, 0.6) is 0 Å². The van der Waals surface area contributed by atoms with Gasteiger partial charge in [0.1, 0.15) is 6.10 Å². The van der Waals surface area contributed by atoms with Crippen molar-refractivity contribution in [2.75, 3.05) is 0 Å². The van der Waals surface area contributed by atoms with Gasteiger partial charge in [0.25, 0.3) is 0 Å². The van der Waals surface area contributed by atoms with E-state index >= 15 is 0 Å². The maximum absolute atomic E-state index is 11.6. The van der Waals surface area contributed by atoms with Crippen LogP contribution in [0.15, 0.2) is 0 Å². The molecule has 0 radical (unpaired) electrons. The largest absolute Gasteiger partial charge is 0.462 e. The van der Waals surface area contributed by atoms with Gasteiger partial charge < -0.3 is 4.74 Å². The van der Waals surface area contributed by atoms with Crippen molar-refractivity contribution in [1.82, 2.24) is 0 Å². The van der Waals surface area contributed by atoms with E-state index in [1.54, 1.807) is 0 Å². The Kier molecular flexibility index (Phi) is 6.63. The fourth-order valence-electron chi connectivity index (χ4n) is 6.17. The summed E-state index contributed by atoms with van der Waals surface area (Å²) < 4.78 is 5.66. The van der Waals surface area contributed by atoms with Crippen molar-refractivity contribution in [2.45, 2.75) is 103 Å². The summed E-state index contributed by atoms with van der Waals surface area (Å²) in [7, 11) is 0. The van der Waals surface area contributed by atoms with Gasteiger partial charge in [-0.2, -0.15) is 0 Å². The van der Waals surface area contributed by atoms with Gasteiger partial charge in [0.05, 0.1) is 0 Å². The van der Waals surface area contributed by atoms with E-state index in [-0.39, 0.29) is 12.1 Å². The first kappa shape index (κ1) is 18.3. The van der Waals surface area contributed by atoms with Crippen LogP contribution in [0.25, 0.3) is 0 Å². The van der Waals surface area contributed by atoms with E-state index in [4.69, 9.17) is 4.74 Å². The molecule has 3 rings (SSSR count). The minimum absolute atomic E-state index is 0.000256. The lowest BCUT2D eigenvalue weighted by atomic mass is 9.56. The molecule has 6 atom stereocenters. The van der Waals surface area contributed by atoms with E-state index in [0.29, 0.717) is 6.42 Å².